The molecule has 0 saturated carbocycles. The second kappa shape index (κ2) is 67.2. The first-order valence-corrected chi connectivity index (χ1v) is 0.844. The number of aldehydes is 1. The number of carbonyl (C=O) groups excluding carboxylic acids is 1. The Morgan fingerprint density at radius 1 is 1.50 bits per heavy atom. The third kappa shape index (κ3) is 1870. The van der Waals surface area contributed by atoms with E-state index in [0.717, 1.165) is 0 Å². The molecule has 38 valence electrons. The van der Waals surface area contributed by atoms with E-state index < -0.39 is 0 Å². The fourth-order valence-electron chi connectivity index (χ4n) is 0. The molecule has 4 heteroatoms. The quantitative estimate of drug-likeness (QED) is 0.280. The van der Waals surface area contributed by atoms with Gasteiger partial charge < -0.3 is 11.7 Å². The molecule has 3 nitrogen and oxygen atoms in total. The average Bonchev–Trinajstić information content (AvgIpc) is 1.46. The van der Waals surface area contributed by atoms with E-state index in [0.29, 0.717) is 6.29 Å². The maximum Gasteiger partial charge on any atom is 0 e. The Morgan fingerprint density at radius 3 is 1.50 bits per heavy atom. The SMILES string of the molecule is OO.[CH2-]C=O.[W]. The van der Waals surface area contributed by atoms with Gasteiger partial charge in [-0.3, -0.25) is 10.5 Å². The van der Waals surface area contributed by atoms with Gasteiger partial charge in [-0.2, -0.15) is 0 Å². The molecule has 0 bridgehead atoms. The van der Waals surface area contributed by atoms with Gasteiger partial charge in [0.15, 0.2) is 0 Å². The molecular formula is C2H5O3W-. The predicted octanol–water partition coefficient (Wildman–Crippen LogP) is 0.0343. The molecule has 0 amide bonds. The molecule has 6 heavy (non-hydrogen) atoms. The third-order valence-corrected chi connectivity index (χ3v) is 0. The van der Waals surface area contributed by atoms with Gasteiger partial charge in [0.1, 0.15) is 0 Å². The second-order valence-corrected chi connectivity index (χ2v) is 0.167. The number of rotatable bonds is 0. The van der Waals surface area contributed by atoms with Crippen molar-refractivity contribution in [2.45, 2.75) is 0 Å². The number of carbonyl (C=O) groups is 1. The normalized spacial score (nSPS) is 3.00. The van der Waals surface area contributed by atoms with Gasteiger partial charge in [-0.1, -0.05) is 0 Å². The summed E-state index contributed by atoms with van der Waals surface area (Å²) in [5.41, 5.74) is 0. The van der Waals surface area contributed by atoms with Crippen LogP contribution in [0.4, 0.5) is 0 Å². The Labute approximate surface area is 50.2 Å². The van der Waals surface area contributed by atoms with Crippen LogP contribution in [0.2, 0.25) is 0 Å². The Balaban J connectivity index is -0.0000000275. The zero-order chi connectivity index (χ0) is 4.71. The summed E-state index contributed by atoms with van der Waals surface area (Å²) in [6.07, 6.45) is 0.500. The number of hydrogen-bond acceptors (Lipinski definition) is 3. The number of hydrogen-bond donors (Lipinski definition) is 2. The summed E-state index contributed by atoms with van der Waals surface area (Å²) in [6.45, 7) is 2.81. The first-order chi connectivity index (χ1) is 2.41. The molecule has 0 aliphatic carbocycles. The van der Waals surface area contributed by atoms with E-state index in [1.807, 2.05) is 0 Å². The van der Waals surface area contributed by atoms with Crippen molar-refractivity contribution in [1.82, 2.24) is 0 Å². The molecule has 0 aromatic carbocycles. The second-order valence-electron chi connectivity index (χ2n) is 0.167. The molecule has 0 saturated heterocycles. The maximum atomic E-state index is 8.69. The molecular weight excluding hydrogens is 256 g/mol. The summed E-state index contributed by atoms with van der Waals surface area (Å²) in [5, 5.41) is 12.0. The van der Waals surface area contributed by atoms with Gasteiger partial charge in [0.25, 0.3) is 0 Å². The van der Waals surface area contributed by atoms with Gasteiger partial charge in [-0.15, -0.1) is 0 Å². The molecule has 0 rings (SSSR count). The molecule has 0 atom stereocenters. The topological polar surface area (TPSA) is 57.5 Å². The summed E-state index contributed by atoms with van der Waals surface area (Å²) >= 11 is 0. The molecule has 0 unspecified atom stereocenters. The summed E-state index contributed by atoms with van der Waals surface area (Å²) in [5.74, 6) is 0. The van der Waals surface area contributed by atoms with E-state index in [-0.39, 0.29) is 21.1 Å². The Morgan fingerprint density at radius 2 is 1.50 bits per heavy atom. The van der Waals surface area contributed by atoms with Crippen molar-refractivity contribution in [3.8, 4) is 0 Å². The monoisotopic (exact) mass is 261 g/mol. The van der Waals surface area contributed by atoms with E-state index in [1.165, 1.54) is 0 Å². The van der Waals surface area contributed by atoms with E-state index in [1.54, 1.807) is 0 Å². The van der Waals surface area contributed by atoms with Crippen molar-refractivity contribution in [2.24, 2.45) is 0 Å². The van der Waals surface area contributed by atoms with Gasteiger partial charge in [0, 0.05) is 21.1 Å². The van der Waals surface area contributed by atoms with Crippen molar-refractivity contribution in [3.05, 3.63) is 6.92 Å². The van der Waals surface area contributed by atoms with Crippen LogP contribution in [-0.2, 0) is 25.9 Å². The zero-order valence-corrected chi connectivity index (χ0v) is 5.93. The third-order valence-electron chi connectivity index (χ3n) is 0. The minimum Gasteiger partial charge on any atom is -0.343 e. The first-order valence-electron chi connectivity index (χ1n) is 0.844. The Kier molecular flexibility index (Phi) is 184. The summed E-state index contributed by atoms with van der Waals surface area (Å²) in [4.78, 5) is 8.69. The standard InChI is InChI=1S/C2H3O.H2O2.W/c1-2-3;1-2;/h2H,1H2;1-2H;/q-1;;. The van der Waals surface area contributed by atoms with Gasteiger partial charge in [0.2, 0.25) is 0 Å². The predicted molar refractivity (Wildman–Crippen MR) is 16.7 cm³/mol. The molecule has 2 N–H and O–H groups in total. The summed E-state index contributed by atoms with van der Waals surface area (Å²) in [6, 6.07) is 0. The zero-order valence-electron chi connectivity index (χ0n) is 3.00. The van der Waals surface area contributed by atoms with Gasteiger partial charge in [0.05, 0.1) is 0 Å². The van der Waals surface area contributed by atoms with Crippen LogP contribution >= 0.6 is 0 Å². The van der Waals surface area contributed by atoms with Crippen LogP contribution in [0.15, 0.2) is 0 Å². The van der Waals surface area contributed by atoms with Crippen LogP contribution in [0, 0.1) is 6.92 Å². The maximum absolute atomic E-state index is 8.69. The first kappa shape index (κ1) is 16.4. The Hall–Kier alpha value is 0.148. The Bertz CT molecular complexity index is 16.3. The van der Waals surface area contributed by atoms with Crippen molar-refractivity contribution in [1.29, 1.82) is 0 Å². The van der Waals surface area contributed by atoms with Crippen LogP contribution in [0.3, 0.4) is 0 Å². The van der Waals surface area contributed by atoms with Crippen LogP contribution in [-0.4, -0.2) is 16.8 Å². The molecule has 0 radical (unpaired) electrons. The van der Waals surface area contributed by atoms with Crippen LogP contribution in [0.5, 0.6) is 0 Å². The fourth-order valence-corrected chi connectivity index (χ4v) is 0. The molecule has 0 aliphatic rings. The smallest absolute Gasteiger partial charge is 0 e. The van der Waals surface area contributed by atoms with Crippen molar-refractivity contribution in [2.75, 3.05) is 0 Å². The van der Waals surface area contributed by atoms with Crippen LogP contribution in [0.25, 0.3) is 0 Å². The van der Waals surface area contributed by atoms with Crippen LogP contribution < -0.4 is 0 Å². The van der Waals surface area contributed by atoms with Gasteiger partial charge in [-0.05, 0) is 6.29 Å². The molecule has 0 aromatic heterocycles. The minimum atomic E-state index is 0. The summed E-state index contributed by atoms with van der Waals surface area (Å²) in [7, 11) is 0. The minimum absolute atomic E-state index is 0. The molecule has 0 spiro atoms. The van der Waals surface area contributed by atoms with Crippen LogP contribution in [0.1, 0.15) is 0 Å². The van der Waals surface area contributed by atoms with E-state index >= 15 is 0 Å². The van der Waals surface area contributed by atoms with Gasteiger partial charge in [-0.25, -0.2) is 0 Å². The summed E-state index contributed by atoms with van der Waals surface area (Å²) < 4.78 is 0. The van der Waals surface area contributed by atoms with Crippen molar-refractivity contribution < 1.29 is 36.4 Å². The molecule has 0 aliphatic heterocycles. The largest absolute Gasteiger partial charge is 0.343 e. The fraction of sp³-hybridized carbons (Fsp3) is 0. The average molecular weight is 261 g/mol. The van der Waals surface area contributed by atoms with E-state index in [4.69, 9.17) is 15.3 Å². The molecule has 0 fully saturated rings. The molecule has 0 heterocycles. The van der Waals surface area contributed by atoms with E-state index in [9.17, 15) is 0 Å². The van der Waals surface area contributed by atoms with Crippen molar-refractivity contribution >= 4 is 6.29 Å². The van der Waals surface area contributed by atoms with Crippen molar-refractivity contribution in [3.63, 3.8) is 0 Å². The van der Waals surface area contributed by atoms with Gasteiger partial charge >= 0.3 is 0 Å². The van der Waals surface area contributed by atoms with E-state index in [2.05, 4.69) is 6.92 Å². The molecule has 0 aromatic rings.